The van der Waals surface area contributed by atoms with E-state index in [0.29, 0.717) is 22.5 Å². The molecule has 3 aromatic rings. The highest BCUT2D eigenvalue weighted by molar-refractivity contribution is 7.92. The molecule has 0 spiro atoms. The van der Waals surface area contributed by atoms with Gasteiger partial charge in [-0.05, 0) is 45.0 Å². The van der Waals surface area contributed by atoms with Crippen LogP contribution in [0.5, 0.6) is 0 Å². The summed E-state index contributed by atoms with van der Waals surface area (Å²) in [5, 5.41) is 6.38. The topological polar surface area (TPSA) is 118 Å². The number of hydrogen-bond acceptors (Lipinski definition) is 6. The first kappa shape index (κ1) is 22.2. The molecule has 0 bridgehead atoms. The maximum absolute atomic E-state index is 12.5. The number of Topliss-reactive ketones (excluding diaryl/α,β-unsaturated/α-hetero) is 1. The van der Waals surface area contributed by atoms with Gasteiger partial charge < -0.3 is 9.84 Å². The van der Waals surface area contributed by atoms with E-state index in [4.69, 9.17) is 4.52 Å². The molecule has 1 aromatic heterocycles. The lowest BCUT2D eigenvalue weighted by atomic mass is 10.0. The number of ketones is 1. The van der Waals surface area contributed by atoms with Gasteiger partial charge in [0.2, 0.25) is 11.8 Å². The highest BCUT2D eigenvalue weighted by Gasteiger charge is 2.19. The van der Waals surface area contributed by atoms with Gasteiger partial charge in [-0.2, -0.15) is 0 Å². The van der Waals surface area contributed by atoms with E-state index in [9.17, 15) is 18.0 Å². The Morgan fingerprint density at radius 2 is 1.58 bits per heavy atom. The van der Waals surface area contributed by atoms with Crippen LogP contribution in [-0.2, 0) is 14.8 Å². The van der Waals surface area contributed by atoms with Gasteiger partial charge >= 0.3 is 0 Å². The number of benzene rings is 2. The van der Waals surface area contributed by atoms with Crippen LogP contribution < -0.4 is 10.0 Å². The molecule has 0 unspecified atom stereocenters. The fourth-order valence-electron chi connectivity index (χ4n) is 2.74. The fourth-order valence-corrected chi connectivity index (χ4v) is 3.79. The fraction of sp³-hybridized carbons (Fsp3) is 0.227. The van der Waals surface area contributed by atoms with Gasteiger partial charge in [0.15, 0.2) is 5.78 Å². The lowest BCUT2D eigenvalue weighted by Gasteiger charge is -2.08. The molecular weight excluding hydrogens is 418 g/mol. The smallest absolute Gasteiger partial charge is 0.264 e. The van der Waals surface area contributed by atoms with Gasteiger partial charge in [-0.15, -0.1) is 0 Å². The first-order chi connectivity index (χ1) is 14.7. The molecule has 3 rings (SSSR count). The third-order valence-electron chi connectivity index (χ3n) is 4.79. The van der Waals surface area contributed by atoms with Crippen molar-refractivity contribution in [2.45, 2.75) is 38.5 Å². The van der Waals surface area contributed by atoms with Crippen molar-refractivity contribution >= 4 is 33.3 Å². The molecule has 0 aliphatic heterocycles. The largest absolute Gasteiger partial charge is 0.337 e. The second-order valence-corrected chi connectivity index (χ2v) is 8.87. The number of nitrogens with zero attached hydrogens (tertiary/aromatic N) is 1. The van der Waals surface area contributed by atoms with Crippen molar-refractivity contribution in [1.82, 2.24) is 5.16 Å². The Morgan fingerprint density at radius 1 is 0.935 bits per heavy atom. The Kier molecular flexibility index (Phi) is 6.55. The molecule has 2 aromatic carbocycles. The highest BCUT2D eigenvalue weighted by Crippen LogP contribution is 2.22. The number of aromatic nitrogens is 1. The number of rotatable bonds is 8. The summed E-state index contributed by atoms with van der Waals surface area (Å²) in [6.45, 7) is 5.35. The van der Waals surface area contributed by atoms with Gasteiger partial charge in [-0.25, -0.2) is 13.1 Å². The van der Waals surface area contributed by atoms with Crippen LogP contribution in [0.3, 0.4) is 0 Å². The van der Waals surface area contributed by atoms with E-state index in [1.165, 1.54) is 24.3 Å². The number of nitrogens with one attached hydrogen (secondary N) is 2. The molecule has 1 heterocycles. The van der Waals surface area contributed by atoms with Crippen LogP contribution in [0.1, 0.15) is 40.0 Å². The Balaban J connectivity index is 1.57. The van der Waals surface area contributed by atoms with E-state index in [0.717, 1.165) is 5.56 Å². The van der Waals surface area contributed by atoms with Crippen LogP contribution in [-0.4, -0.2) is 25.3 Å². The van der Waals surface area contributed by atoms with Crippen molar-refractivity contribution in [3.63, 3.8) is 0 Å². The Morgan fingerprint density at radius 3 is 2.16 bits per heavy atom. The minimum atomic E-state index is -3.86. The highest BCUT2D eigenvalue weighted by atomic mass is 32.2. The van der Waals surface area contributed by atoms with E-state index in [-0.39, 0.29) is 35.3 Å². The van der Waals surface area contributed by atoms with E-state index in [1.54, 1.807) is 26.0 Å². The molecule has 31 heavy (non-hydrogen) atoms. The average molecular weight is 442 g/mol. The summed E-state index contributed by atoms with van der Waals surface area (Å²) in [7, 11) is -3.86. The predicted molar refractivity (Wildman–Crippen MR) is 117 cm³/mol. The molecule has 162 valence electrons. The first-order valence-corrected chi connectivity index (χ1v) is 11.1. The summed E-state index contributed by atoms with van der Waals surface area (Å²) < 4.78 is 32.4. The third kappa shape index (κ3) is 5.58. The number of aryl methyl sites for hydroxylation is 2. The van der Waals surface area contributed by atoms with Gasteiger partial charge in [0, 0.05) is 29.7 Å². The average Bonchev–Trinajstić information content (AvgIpc) is 3.04. The molecule has 0 saturated carbocycles. The van der Waals surface area contributed by atoms with Crippen molar-refractivity contribution in [2.24, 2.45) is 0 Å². The van der Waals surface area contributed by atoms with Gasteiger partial charge in [0.1, 0.15) is 0 Å². The van der Waals surface area contributed by atoms with Crippen LogP contribution in [0, 0.1) is 20.8 Å². The monoisotopic (exact) mass is 441 g/mol. The van der Waals surface area contributed by atoms with Crippen molar-refractivity contribution in [2.75, 3.05) is 10.0 Å². The van der Waals surface area contributed by atoms with Gasteiger partial charge in [0.25, 0.3) is 10.0 Å². The predicted octanol–water partition coefficient (Wildman–Crippen LogP) is 4.00. The summed E-state index contributed by atoms with van der Waals surface area (Å²) >= 11 is 0. The normalized spacial score (nSPS) is 11.2. The maximum Gasteiger partial charge on any atom is 0.264 e. The van der Waals surface area contributed by atoms with E-state index in [1.807, 2.05) is 19.1 Å². The van der Waals surface area contributed by atoms with Crippen LogP contribution in [0.25, 0.3) is 0 Å². The van der Waals surface area contributed by atoms with E-state index >= 15 is 0 Å². The van der Waals surface area contributed by atoms with Crippen LogP contribution in [0.4, 0.5) is 11.6 Å². The molecule has 0 aliphatic rings. The summed E-state index contributed by atoms with van der Waals surface area (Å²) in [6.07, 6.45) is 0.111. The second kappa shape index (κ2) is 9.13. The Hall–Kier alpha value is -3.46. The van der Waals surface area contributed by atoms with E-state index in [2.05, 4.69) is 15.2 Å². The quantitative estimate of drug-likeness (QED) is 0.510. The minimum absolute atomic E-state index is 0.00787. The zero-order valence-electron chi connectivity index (χ0n) is 17.4. The summed E-state index contributed by atoms with van der Waals surface area (Å²) in [5.41, 5.74) is 3.25. The first-order valence-electron chi connectivity index (χ1n) is 9.61. The number of hydrogen-bond donors (Lipinski definition) is 2. The van der Waals surface area contributed by atoms with Crippen molar-refractivity contribution in [3.8, 4) is 0 Å². The van der Waals surface area contributed by atoms with E-state index < -0.39 is 10.0 Å². The number of anilines is 2. The van der Waals surface area contributed by atoms with Crippen molar-refractivity contribution in [3.05, 3.63) is 70.9 Å². The molecule has 9 heteroatoms. The molecular formula is C22H23N3O5S. The molecule has 1 amide bonds. The number of carbonyl (C=O) groups excluding carboxylic acids is 2. The van der Waals surface area contributed by atoms with Crippen LogP contribution >= 0.6 is 0 Å². The lowest BCUT2D eigenvalue weighted by molar-refractivity contribution is -0.116. The molecule has 0 saturated heterocycles. The Bertz CT molecular complexity index is 1200. The summed E-state index contributed by atoms with van der Waals surface area (Å²) in [5.74, 6) is -0.379. The van der Waals surface area contributed by atoms with Crippen molar-refractivity contribution in [1.29, 1.82) is 0 Å². The SMILES string of the molecule is Cc1ccc(C(=O)CCC(=O)Nc2ccc(S(=O)(=O)Nc3onc(C)c3C)cc2)cc1. The zero-order chi connectivity index (χ0) is 22.6. The third-order valence-corrected chi connectivity index (χ3v) is 6.13. The maximum atomic E-state index is 12.5. The summed E-state index contributed by atoms with van der Waals surface area (Å²) in [4.78, 5) is 24.3. The van der Waals surface area contributed by atoms with Gasteiger partial charge in [0.05, 0.1) is 10.6 Å². The van der Waals surface area contributed by atoms with Crippen LogP contribution in [0.2, 0.25) is 0 Å². The van der Waals surface area contributed by atoms with Crippen LogP contribution in [0.15, 0.2) is 57.9 Å². The van der Waals surface area contributed by atoms with Crippen molar-refractivity contribution < 1.29 is 22.5 Å². The Labute approximate surface area is 180 Å². The number of amides is 1. The number of sulfonamides is 1. The lowest BCUT2D eigenvalue weighted by Crippen LogP contribution is -2.15. The molecule has 8 nitrogen and oxygen atoms in total. The second-order valence-electron chi connectivity index (χ2n) is 7.19. The molecule has 0 radical (unpaired) electrons. The van der Waals surface area contributed by atoms with Gasteiger partial charge in [-0.3, -0.25) is 9.59 Å². The number of carbonyl (C=O) groups is 2. The molecule has 0 fully saturated rings. The molecule has 0 aliphatic carbocycles. The molecule has 0 atom stereocenters. The van der Waals surface area contributed by atoms with Gasteiger partial charge in [-0.1, -0.05) is 35.0 Å². The zero-order valence-corrected chi connectivity index (χ0v) is 18.2. The molecule has 2 N–H and O–H groups in total. The summed E-state index contributed by atoms with van der Waals surface area (Å²) in [6, 6.07) is 12.9. The minimum Gasteiger partial charge on any atom is -0.337 e. The standard InChI is InChI=1S/C22H23N3O5S/c1-14-4-6-17(7-5-14)20(26)12-13-21(27)23-18-8-10-19(11-9-18)31(28,29)25-22-15(2)16(3)24-30-22/h4-11,25H,12-13H2,1-3H3,(H,23,27).